The van der Waals surface area contributed by atoms with Crippen LogP contribution in [0.5, 0.6) is 0 Å². The molecule has 3 rings (SSSR count). The molecular weight excluding hydrogens is 250 g/mol. The minimum atomic E-state index is 0.0460. The van der Waals surface area contributed by atoms with Gasteiger partial charge in [-0.25, -0.2) is 0 Å². The lowest BCUT2D eigenvalue weighted by Crippen LogP contribution is -2.21. The Bertz CT molecular complexity index is 694. The maximum Gasteiger partial charge on any atom is 0.236 e. The summed E-state index contributed by atoms with van der Waals surface area (Å²) in [5, 5.41) is 0. The highest BCUT2D eigenvalue weighted by Crippen LogP contribution is 2.38. The molecule has 1 aliphatic heterocycles. The summed E-state index contributed by atoms with van der Waals surface area (Å²) in [6.07, 6.45) is 0.399. The van der Waals surface area contributed by atoms with Gasteiger partial charge in [-0.05, 0) is 41.8 Å². The number of anilines is 3. The van der Waals surface area contributed by atoms with E-state index >= 15 is 0 Å². The molecule has 0 fully saturated rings. The first kappa shape index (κ1) is 12.7. The fourth-order valence-corrected chi connectivity index (χ4v) is 2.64. The second-order valence-electron chi connectivity index (χ2n) is 5.14. The van der Waals surface area contributed by atoms with Crippen molar-refractivity contribution in [3.8, 4) is 0 Å². The second-order valence-corrected chi connectivity index (χ2v) is 5.14. The van der Waals surface area contributed by atoms with Gasteiger partial charge in [0, 0.05) is 6.54 Å². The van der Waals surface area contributed by atoms with Gasteiger partial charge >= 0.3 is 0 Å². The van der Waals surface area contributed by atoms with Gasteiger partial charge in [0.15, 0.2) is 0 Å². The van der Waals surface area contributed by atoms with Crippen molar-refractivity contribution < 1.29 is 4.79 Å². The Labute approximate surface area is 118 Å². The number of nitrogens with zero attached hydrogens (tertiary/aromatic N) is 1. The molecule has 0 bridgehead atoms. The molecule has 4 nitrogen and oxygen atoms in total. The molecule has 1 heterocycles. The molecule has 0 saturated carbocycles. The third-order valence-electron chi connectivity index (χ3n) is 3.64. The summed E-state index contributed by atoms with van der Waals surface area (Å²) in [5.74, 6) is 0.0460. The van der Waals surface area contributed by atoms with E-state index in [-0.39, 0.29) is 5.91 Å². The lowest BCUT2D eigenvalue weighted by molar-refractivity contribution is -0.116. The number of nitrogens with two attached hydrogens (primary N) is 2. The third-order valence-corrected chi connectivity index (χ3v) is 3.64. The second kappa shape index (κ2) is 4.65. The summed E-state index contributed by atoms with van der Waals surface area (Å²) in [5.41, 5.74) is 17.1. The molecule has 0 unspecified atom stereocenters. The molecule has 4 N–H and O–H groups in total. The smallest absolute Gasteiger partial charge is 0.236 e. The third kappa shape index (κ3) is 1.94. The van der Waals surface area contributed by atoms with E-state index in [1.54, 1.807) is 4.90 Å². The molecule has 2 aromatic rings. The van der Waals surface area contributed by atoms with Crippen molar-refractivity contribution in [1.29, 1.82) is 0 Å². The van der Waals surface area contributed by atoms with E-state index in [0.717, 1.165) is 28.1 Å². The van der Waals surface area contributed by atoms with Crippen molar-refractivity contribution in [2.45, 2.75) is 19.9 Å². The summed E-state index contributed by atoms with van der Waals surface area (Å²) >= 11 is 0. The standard InChI is InChI=1S/C16H17N3O/c1-10-2-4-15(13(18)6-10)19-14-5-3-11(9-17)7-12(14)8-16(19)20/h2-7H,8-9,17-18H2,1H3. The van der Waals surface area contributed by atoms with Gasteiger partial charge in [-0.3, -0.25) is 9.69 Å². The average Bonchev–Trinajstić information content (AvgIpc) is 2.74. The molecule has 102 valence electrons. The molecular formula is C16H17N3O. The van der Waals surface area contributed by atoms with Crippen LogP contribution in [-0.2, 0) is 17.8 Å². The molecule has 0 atom stereocenters. The summed E-state index contributed by atoms with van der Waals surface area (Å²) in [7, 11) is 0. The number of nitrogen functional groups attached to an aromatic ring is 1. The Hall–Kier alpha value is -2.33. The van der Waals surface area contributed by atoms with Crippen molar-refractivity contribution >= 4 is 23.0 Å². The molecule has 0 aliphatic carbocycles. The topological polar surface area (TPSA) is 72.3 Å². The highest BCUT2D eigenvalue weighted by molar-refractivity contribution is 6.09. The molecule has 4 heteroatoms. The number of aryl methyl sites for hydroxylation is 1. The molecule has 2 aromatic carbocycles. The number of rotatable bonds is 2. The van der Waals surface area contributed by atoms with Gasteiger partial charge in [-0.1, -0.05) is 18.2 Å². The zero-order valence-electron chi connectivity index (χ0n) is 11.4. The van der Waals surface area contributed by atoms with E-state index < -0.39 is 0 Å². The van der Waals surface area contributed by atoms with Crippen LogP contribution in [0, 0.1) is 6.92 Å². The van der Waals surface area contributed by atoms with Crippen LogP contribution in [0.1, 0.15) is 16.7 Å². The largest absolute Gasteiger partial charge is 0.397 e. The monoisotopic (exact) mass is 267 g/mol. The Morgan fingerprint density at radius 2 is 1.90 bits per heavy atom. The summed E-state index contributed by atoms with van der Waals surface area (Å²) < 4.78 is 0. The van der Waals surface area contributed by atoms with Crippen LogP contribution in [-0.4, -0.2) is 5.91 Å². The number of carbonyl (C=O) groups is 1. The first-order valence-corrected chi connectivity index (χ1v) is 6.61. The number of hydrogen-bond acceptors (Lipinski definition) is 3. The number of amides is 1. The molecule has 0 saturated heterocycles. The fourth-order valence-electron chi connectivity index (χ4n) is 2.64. The molecule has 0 aromatic heterocycles. The Morgan fingerprint density at radius 1 is 1.15 bits per heavy atom. The number of benzene rings is 2. The van der Waals surface area contributed by atoms with E-state index in [1.807, 2.05) is 43.3 Å². The zero-order chi connectivity index (χ0) is 14.3. The van der Waals surface area contributed by atoms with Crippen LogP contribution in [0.4, 0.5) is 17.1 Å². The van der Waals surface area contributed by atoms with Gasteiger partial charge in [0.2, 0.25) is 5.91 Å². The van der Waals surface area contributed by atoms with Gasteiger partial charge in [-0.2, -0.15) is 0 Å². The van der Waals surface area contributed by atoms with Crippen LogP contribution in [0.2, 0.25) is 0 Å². The lowest BCUT2D eigenvalue weighted by Gasteiger charge is -2.20. The minimum Gasteiger partial charge on any atom is -0.397 e. The van der Waals surface area contributed by atoms with Crippen molar-refractivity contribution in [2.75, 3.05) is 10.6 Å². The van der Waals surface area contributed by atoms with Gasteiger partial charge < -0.3 is 11.5 Å². The highest BCUT2D eigenvalue weighted by Gasteiger charge is 2.29. The summed E-state index contributed by atoms with van der Waals surface area (Å²) in [6, 6.07) is 11.6. The van der Waals surface area contributed by atoms with Crippen LogP contribution in [0.25, 0.3) is 0 Å². The van der Waals surface area contributed by atoms with E-state index in [1.165, 1.54) is 0 Å². The quantitative estimate of drug-likeness (QED) is 0.820. The van der Waals surface area contributed by atoms with Gasteiger partial charge in [-0.15, -0.1) is 0 Å². The SMILES string of the molecule is Cc1ccc(N2C(=O)Cc3cc(CN)ccc32)c(N)c1. The van der Waals surface area contributed by atoms with Crippen LogP contribution >= 0.6 is 0 Å². The first-order valence-electron chi connectivity index (χ1n) is 6.61. The van der Waals surface area contributed by atoms with Crippen LogP contribution in [0.3, 0.4) is 0 Å². The molecule has 0 spiro atoms. The van der Waals surface area contributed by atoms with Gasteiger partial charge in [0.1, 0.15) is 0 Å². The maximum atomic E-state index is 12.3. The Morgan fingerprint density at radius 3 is 2.60 bits per heavy atom. The summed E-state index contributed by atoms with van der Waals surface area (Å²) in [6.45, 7) is 2.46. The highest BCUT2D eigenvalue weighted by atomic mass is 16.2. The number of hydrogen-bond donors (Lipinski definition) is 2. The Balaban J connectivity index is 2.10. The van der Waals surface area contributed by atoms with E-state index in [2.05, 4.69) is 0 Å². The lowest BCUT2D eigenvalue weighted by atomic mass is 10.1. The van der Waals surface area contributed by atoms with Crippen molar-refractivity contribution in [3.63, 3.8) is 0 Å². The van der Waals surface area contributed by atoms with Crippen molar-refractivity contribution in [3.05, 3.63) is 53.1 Å². The van der Waals surface area contributed by atoms with E-state index in [9.17, 15) is 4.79 Å². The Kier molecular flexibility index (Phi) is 2.95. The number of fused-ring (bicyclic) bond motifs is 1. The predicted octanol–water partition coefficient (Wildman–Crippen LogP) is 2.26. The average molecular weight is 267 g/mol. The fraction of sp³-hybridized carbons (Fsp3) is 0.188. The summed E-state index contributed by atoms with van der Waals surface area (Å²) in [4.78, 5) is 14.0. The zero-order valence-corrected chi connectivity index (χ0v) is 11.4. The number of carbonyl (C=O) groups excluding carboxylic acids is 1. The molecule has 1 amide bonds. The molecule has 1 aliphatic rings. The molecule has 20 heavy (non-hydrogen) atoms. The predicted molar refractivity (Wildman–Crippen MR) is 80.8 cm³/mol. The maximum absolute atomic E-state index is 12.3. The van der Waals surface area contributed by atoms with Gasteiger partial charge in [0.25, 0.3) is 0 Å². The van der Waals surface area contributed by atoms with Gasteiger partial charge in [0.05, 0.1) is 23.5 Å². The van der Waals surface area contributed by atoms with E-state index in [0.29, 0.717) is 18.7 Å². The first-order chi connectivity index (χ1) is 9.60. The van der Waals surface area contributed by atoms with E-state index in [4.69, 9.17) is 11.5 Å². The van der Waals surface area contributed by atoms with Crippen molar-refractivity contribution in [2.24, 2.45) is 5.73 Å². The normalized spacial score (nSPS) is 13.7. The van der Waals surface area contributed by atoms with Crippen molar-refractivity contribution in [1.82, 2.24) is 0 Å². The molecule has 0 radical (unpaired) electrons. The minimum absolute atomic E-state index is 0.0460. The van der Waals surface area contributed by atoms with Crippen LogP contribution in [0.15, 0.2) is 36.4 Å². The van der Waals surface area contributed by atoms with Crippen LogP contribution < -0.4 is 16.4 Å².